The highest BCUT2D eigenvalue weighted by Gasteiger charge is 2.30. The lowest BCUT2D eigenvalue weighted by Crippen LogP contribution is -2.21. The number of thiazole rings is 1. The highest BCUT2D eigenvalue weighted by atomic mass is 32.2. The van der Waals surface area contributed by atoms with E-state index in [1.165, 1.54) is 11.8 Å². The molecule has 0 saturated carbocycles. The zero-order chi connectivity index (χ0) is 17.1. The van der Waals surface area contributed by atoms with E-state index in [1.54, 1.807) is 11.3 Å². The van der Waals surface area contributed by atoms with Gasteiger partial charge in [0, 0.05) is 29.6 Å². The third kappa shape index (κ3) is 4.10. The molecule has 0 unspecified atom stereocenters. The van der Waals surface area contributed by atoms with Crippen molar-refractivity contribution in [3.05, 3.63) is 45.9 Å². The fraction of sp³-hybridized carbons (Fsp3) is 0.294. The summed E-state index contributed by atoms with van der Waals surface area (Å²) in [6, 6.07) is 7.57. The summed E-state index contributed by atoms with van der Waals surface area (Å²) in [6.07, 6.45) is 0.687. The molecule has 24 heavy (non-hydrogen) atoms. The van der Waals surface area contributed by atoms with Gasteiger partial charge in [0.05, 0.1) is 10.1 Å². The number of rotatable bonds is 5. The largest absolute Gasteiger partial charge is 0.326 e. The van der Waals surface area contributed by atoms with Crippen LogP contribution >= 0.6 is 23.1 Å². The summed E-state index contributed by atoms with van der Waals surface area (Å²) >= 11 is 2.93. The van der Waals surface area contributed by atoms with Crippen LogP contribution in [0.2, 0.25) is 0 Å². The van der Waals surface area contributed by atoms with E-state index in [0.29, 0.717) is 6.42 Å². The molecular weight excluding hydrogens is 342 g/mol. The minimum Gasteiger partial charge on any atom is -0.326 e. The Labute approximate surface area is 148 Å². The van der Waals surface area contributed by atoms with Gasteiger partial charge in [-0.05, 0) is 25.5 Å². The molecular formula is C17H17N3O2S2. The number of benzene rings is 1. The first kappa shape index (κ1) is 16.9. The molecule has 1 aliphatic rings. The smallest absolute Gasteiger partial charge is 0.260 e. The minimum absolute atomic E-state index is 0.127. The van der Waals surface area contributed by atoms with Gasteiger partial charge in [-0.15, -0.1) is 11.3 Å². The molecule has 0 spiro atoms. The third-order valence-corrected chi connectivity index (χ3v) is 5.67. The summed E-state index contributed by atoms with van der Waals surface area (Å²) in [6.45, 7) is 3.87. The molecule has 3 rings (SSSR count). The highest BCUT2D eigenvalue weighted by molar-refractivity contribution is 8.15. The lowest BCUT2D eigenvalue weighted by Gasteiger charge is -2.10. The van der Waals surface area contributed by atoms with Gasteiger partial charge in [0.25, 0.3) is 5.91 Å². The molecule has 2 amide bonds. The number of carbonyl (C=O) groups excluding carboxylic acids is 2. The van der Waals surface area contributed by atoms with Gasteiger partial charge in [-0.2, -0.15) is 0 Å². The second-order valence-electron chi connectivity index (χ2n) is 5.58. The molecule has 1 aromatic heterocycles. The van der Waals surface area contributed by atoms with Crippen molar-refractivity contribution in [2.75, 3.05) is 5.32 Å². The van der Waals surface area contributed by atoms with Crippen molar-refractivity contribution in [2.24, 2.45) is 4.99 Å². The third-order valence-electron chi connectivity index (χ3n) is 3.55. The minimum atomic E-state index is -0.440. The van der Waals surface area contributed by atoms with Gasteiger partial charge >= 0.3 is 0 Å². The maximum absolute atomic E-state index is 12.2. The van der Waals surface area contributed by atoms with Gasteiger partial charge in [-0.1, -0.05) is 30.0 Å². The summed E-state index contributed by atoms with van der Waals surface area (Å²) in [5.41, 5.74) is 2.74. The van der Waals surface area contributed by atoms with E-state index in [4.69, 9.17) is 0 Å². The first-order chi connectivity index (χ1) is 11.5. The van der Waals surface area contributed by atoms with E-state index >= 15 is 0 Å². The van der Waals surface area contributed by atoms with Gasteiger partial charge in [0.1, 0.15) is 5.25 Å². The molecule has 1 aromatic carbocycles. The molecule has 0 bridgehead atoms. The van der Waals surface area contributed by atoms with Crippen LogP contribution in [0.3, 0.4) is 0 Å². The second kappa shape index (κ2) is 7.27. The summed E-state index contributed by atoms with van der Waals surface area (Å²) in [4.78, 5) is 32.7. The number of aromatic nitrogens is 1. The Morgan fingerprint density at radius 1 is 1.29 bits per heavy atom. The standard InChI is InChI=1S/C17H17N3O2S2/c1-10-5-3-4-6-12(10)19-14(21)7-13-17(22)20-16(24-13)8-15-18-11(2)9-23-15/h3-6,9,13H,7-8H2,1-2H3,(H,19,21)/t13-/m1/s1. The Morgan fingerprint density at radius 2 is 2.08 bits per heavy atom. The number of aliphatic imine (C=N–C) groups is 1. The van der Waals surface area contributed by atoms with Gasteiger partial charge in [-0.25, -0.2) is 9.98 Å². The van der Waals surface area contributed by atoms with E-state index in [-0.39, 0.29) is 18.2 Å². The summed E-state index contributed by atoms with van der Waals surface area (Å²) < 4.78 is 0. The number of hydrogen-bond acceptors (Lipinski definition) is 5. The fourth-order valence-electron chi connectivity index (χ4n) is 2.34. The van der Waals surface area contributed by atoms with Crippen molar-refractivity contribution < 1.29 is 9.59 Å². The van der Waals surface area contributed by atoms with Crippen molar-refractivity contribution in [2.45, 2.75) is 31.9 Å². The molecule has 0 fully saturated rings. The SMILES string of the molecule is Cc1csc(CC2=NC(=O)[C@@H](CC(=O)Nc3ccccc3C)S2)n1. The maximum atomic E-state index is 12.2. The Balaban J connectivity index is 1.56. The Morgan fingerprint density at radius 3 is 2.79 bits per heavy atom. The van der Waals surface area contributed by atoms with Crippen LogP contribution < -0.4 is 5.32 Å². The van der Waals surface area contributed by atoms with Crippen molar-refractivity contribution in [3.63, 3.8) is 0 Å². The molecule has 124 valence electrons. The fourth-order valence-corrected chi connectivity index (χ4v) is 4.29. The zero-order valence-electron chi connectivity index (χ0n) is 13.4. The molecule has 1 aliphatic heterocycles. The van der Waals surface area contributed by atoms with E-state index < -0.39 is 5.25 Å². The molecule has 1 N–H and O–H groups in total. The molecule has 1 atom stereocenters. The lowest BCUT2D eigenvalue weighted by molar-refractivity contribution is -0.121. The summed E-state index contributed by atoms with van der Waals surface area (Å²) in [5.74, 6) is -0.403. The van der Waals surface area contributed by atoms with Crippen LogP contribution in [0.15, 0.2) is 34.6 Å². The molecule has 0 aliphatic carbocycles. The van der Waals surface area contributed by atoms with E-state index in [2.05, 4.69) is 15.3 Å². The Kier molecular flexibility index (Phi) is 5.11. The molecule has 5 nitrogen and oxygen atoms in total. The van der Waals surface area contributed by atoms with E-state index in [9.17, 15) is 9.59 Å². The Hall–Kier alpha value is -1.99. The van der Waals surface area contributed by atoms with Crippen LogP contribution in [0, 0.1) is 13.8 Å². The van der Waals surface area contributed by atoms with Crippen LogP contribution in [0.25, 0.3) is 0 Å². The number of aryl methyl sites for hydroxylation is 2. The van der Waals surface area contributed by atoms with Crippen LogP contribution in [0.5, 0.6) is 0 Å². The topological polar surface area (TPSA) is 71.4 Å². The summed E-state index contributed by atoms with van der Waals surface area (Å²) in [5, 5.41) is 6.08. The average molecular weight is 359 g/mol. The number of anilines is 1. The number of para-hydroxylation sites is 1. The molecule has 2 heterocycles. The van der Waals surface area contributed by atoms with Gasteiger partial charge in [0.15, 0.2) is 0 Å². The van der Waals surface area contributed by atoms with Crippen LogP contribution in [0.4, 0.5) is 5.69 Å². The number of carbonyl (C=O) groups is 2. The van der Waals surface area contributed by atoms with Gasteiger partial charge in [0.2, 0.25) is 5.91 Å². The molecule has 7 heteroatoms. The zero-order valence-corrected chi connectivity index (χ0v) is 15.0. The quantitative estimate of drug-likeness (QED) is 0.888. The molecule has 0 saturated heterocycles. The van der Waals surface area contributed by atoms with Crippen molar-refractivity contribution in [3.8, 4) is 0 Å². The van der Waals surface area contributed by atoms with Gasteiger partial charge < -0.3 is 5.32 Å². The predicted octanol–water partition coefficient (Wildman–Crippen LogP) is 3.37. The van der Waals surface area contributed by atoms with E-state index in [1.807, 2.05) is 43.5 Å². The number of thioether (sulfide) groups is 1. The number of amides is 2. The maximum Gasteiger partial charge on any atom is 0.260 e. The average Bonchev–Trinajstić information content (AvgIpc) is 3.08. The van der Waals surface area contributed by atoms with Crippen LogP contribution in [-0.2, 0) is 16.0 Å². The van der Waals surface area contributed by atoms with Crippen LogP contribution in [-0.4, -0.2) is 27.1 Å². The van der Waals surface area contributed by atoms with Crippen molar-refractivity contribution in [1.29, 1.82) is 0 Å². The Bertz CT molecular complexity index is 814. The van der Waals surface area contributed by atoms with E-state index in [0.717, 1.165) is 27.0 Å². The summed E-state index contributed by atoms with van der Waals surface area (Å²) in [7, 11) is 0. The first-order valence-electron chi connectivity index (χ1n) is 7.56. The number of nitrogens with zero attached hydrogens (tertiary/aromatic N) is 2. The normalized spacial score (nSPS) is 17.0. The number of hydrogen-bond donors (Lipinski definition) is 1. The highest BCUT2D eigenvalue weighted by Crippen LogP contribution is 2.28. The lowest BCUT2D eigenvalue weighted by atomic mass is 10.2. The monoisotopic (exact) mass is 359 g/mol. The van der Waals surface area contributed by atoms with Crippen molar-refractivity contribution in [1.82, 2.24) is 4.98 Å². The molecule has 0 radical (unpaired) electrons. The number of nitrogens with one attached hydrogen (secondary N) is 1. The predicted molar refractivity (Wildman–Crippen MR) is 98.8 cm³/mol. The van der Waals surface area contributed by atoms with Crippen LogP contribution in [0.1, 0.15) is 22.7 Å². The second-order valence-corrected chi connectivity index (χ2v) is 7.80. The molecule has 2 aromatic rings. The van der Waals surface area contributed by atoms with Gasteiger partial charge in [-0.3, -0.25) is 9.59 Å². The van der Waals surface area contributed by atoms with Crippen molar-refractivity contribution >= 4 is 45.6 Å². The first-order valence-corrected chi connectivity index (χ1v) is 9.32.